The Morgan fingerprint density at radius 2 is 1.82 bits per heavy atom. The second kappa shape index (κ2) is 9.95. The van der Waals surface area contributed by atoms with E-state index in [-0.39, 0.29) is 42.7 Å². The molecule has 1 rings (SSSR count). The Balaban J connectivity index is 0. The Morgan fingerprint density at radius 3 is 2.29 bits per heavy atom. The van der Waals surface area contributed by atoms with Crippen LogP contribution in [0.1, 0.15) is 26.7 Å². The van der Waals surface area contributed by atoms with Crippen molar-refractivity contribution in [2.24, 2.45) is 11.7 Å². The standard InChI is InChI=1S/C11H23N3O.2ClH/c1-9(2)10(12)11(15)13-5-8-14-6-3-4-7-14;;/h9-10H,3-8,12H2,1-2H3,(H,13,15);2*1H/t10-;;/m0../s1. The molecule has 0 spiro atoms. The molecule has 0 aromatic rings. The zero-order valence-corrected chi connectivity index (χ0v) is 12.3. The van der Waals surface area contributed by atoms with Gasteiger partial charge in [-0.15, -0.1) is 24.8 Å². The molecular weight excluding hydrogens is 261 g/mol. The molecular formula is C11H25Cl2N3O. The fourth-order valence-electron chi connectivity index (χ4n) is 1.76. The van der Waals surface area contributed by atoms with Crippen molar-refractivity contribution in [3.63, 3.8) is 0 Å². The molecule has 1 fully saturated rings. The quantitative estimate of drug-likeness (QED) is 0.793. The molecule has 17 heavy (non-hydrogen) atoms. The zero-order valence-electron chi connectivity index (χ0n) is 10.6. The first-order valence-corrected chi connectivity index (χ1v) is 5.87. The molecule has 1 heterocycles. The molecule has 1 amide bonds. The lowest BCUT2D eigenvalue weighted by Crippen LogP contribution is -2.45. The molecule has 1 saturated heterocycles. The van der Waals surface area contributed by atoms with Gasteiger partial charge in [0.25, 0.3) is 0 Å². The minimum atomic E-state index is -0.372. The van der Waals surface area contributed by atoms with E-state index in [1.54, 1.807) is 0 Å². The average Bonchev–Trinajstić information content (AvgIpc) is 2.69. The van der Waals surface area contributed by atoms with Gasteiger partial charge in [-0.3, -0.25) is 4.79 Å². The van der Waals surface area contributed by atoms with Crippen molar-refractivity contribution in [2.75, 3.05) is 26.2 Å². The van der Waals surface area contributed by atoms with Crippen molar-refractivity contribution in [3.05, 3.63) is 0 Å². The number of nitrogens with zero attached hydrogens (tertiary/aromatic N) is 1. The van der Waals surface area contributed by atoms with E-state index in [2.05, 4.69) is 10.2 Å². The predicted octanol–water partition coefficient (Wildman–Crippen LogP) is 1.03. The summed E-state index contributed by atoms with van der Waals surface area (Å²) in [4.78, 5) is 13.9. The molecule has 4 nitrogen and oxygen atoms in total. The highest BCUT2D eigenvalue weighted by molar-refractivity contribution is 5.85. The van der Waals surface area contributed by atoms with Gasteiger partial charge in [0, 0.05) is 13.1 Å². The SMILES string of the molecule is CC(C)[C@H](N)C(=O)NCCN1CCCC1.Cl.Cl. The number of hydrogen-bond donors (Lipinski definition) is 2. The second-order valence-electron chi connectivity index (χ2n) is 4.61. The fourth-order valence-corrected chi connectivity index (χ4v) is 1.76. The number of rotatable bonds is 5. The number of likely N-dealkylation sites (tertiary alicyclic amines) is 1. The number of halogens is 2. The highest BCUT2D eigenvalue weighted by atomic mass is 35.5. The van der Waals surface area contributed by atoms with E-state index in [0.29, 0.717) is 0 Å². The third-order valence-corrected chi connectivity index (χ3v) is 2.95. The molecule has 0 aromatic carbocycles. The largest absolute Gasteiger partial charge is 0.353 e. The second-order valence-corrected chi connectivity index (χ2v) is 4.61. The van der Waals surface area contributed by atoms with Crippen LogP contribution in [-0.4, -0.2) is 43.0 Å². The maximum Gasteiger partial charge on any atom is 0.237 e. The first-order chi connectivity index (χ1) is 7.11. The van der Waals surface area contributed by atoms with Crippen LogP contribution in [0.5, 0.6) is 0 Å². The van der Waals surface area contributed by atoms with Gasteiger partial charge in [-0.25, -0.2) is 0 Å². The van der Waals surface area contributed by atoms with Gasteiger partial charge in [0.15, 0.2) is 0 Å². The lowest BCUT2D eigenvalue weighted by Gasteiger charge is -2.18. The first-order valence-electron chi connectivity index (χ1n) is 5.87. The third-order valence-electron chi connectivity index (χ3n) is 2.95. The van der Waals surface area contributed by atoms with Crippen LogP contribution in [0.25, 0.3) is 0 Å². The van der Waals surface area contributed by atoms with Crippen LogP contribution >= 0.6 is 24.8 Å². The summed E-state index contributed by atoms with van der Waals surface area (Å²) in [5, 5.41) is 2.89. The molecule has 3 N–H and O–H groups in total. The molecule has 1 aliphatic heterocycles. The summed E-state index contributed by atoms with van der Waals surface area (Å²) in [6.45, 7) is 7.95. The molecule has 0 unspecified atom stereocenters. The summed E-state index contributed by atoms with van der Waals surface area (Å²) < 4.78 is 0. The monoisotopic (exact) mass is 285 g/mol. The number of nitrogens with one attached hydrogen (secondary N) is 1. The van der Waals surface area contributed by atoms with Crippen LogP contribution in [0.2, 0.25) is 0 Å². The van der Waals surface area contributed by atoms with Gasteiger partial charge in [0.05, 0.1) is 6.04 Å². The van der Waals surface area contributed by atoms with Gasteiger partial charge in [-0.05, 0) is 31.8 Å². The maximum absolute atomic E-state index is 11.5. The van der Waals surface area contributed by atoms with E-state index in [1.165, 1.54) is 25.9 Å². The van der Waals surface area contributed by atoms with Gasteiger partial charge in [0.2, 0.25) is 5.91 Å². The van der Waals surface area contributed by atoms with E-state index < -0.39 is 0 Å². The molecule has 0 aromatic heterocycles. The van der Waals surface area contributed by atoms with E-state index >= 15 is 0 Å². The van der Waals surface area contributed by atoms with E-state index in [4.69, 9.17) is 5.73 Å². The Hall–Kier alpha value is -0.0300. The van der Waals surface area contributed by atoms with Crippen LogP contribution < -0.4 is 11.1 Å². The van der Waals surface area contributed by atoms with Crippen molar-refractivity contribution >= 4 is 30.7 Å². The van der Waals surface area contributed by atoms with Crippen LogP contribution in [-0.2, 0) is 4.79 Å². The van der Waals surface area contributed by atoms with Crippen molar-refractivity contribution in [1.82, 2.24) is 10.2 Å². The smallest absolute Gasteiger partial charge is 0.237 e. The molecule has 0 aliphatic carbocycles. The Bertz CT molecular complexity index is 209. The van der Waals surface area contributed by atoms with E-state index in [1.807, 2.05) is 13.8 Å². The molecule has 0 radical (unpaired) electrons. The fraction of sp³-hybridized carbons (Fsp3) is 0.909. The summed E-state index contributed by atoms with van der Waals surface area (Å²) in [6, 6.07) is -0.372. The molecule has 0 bridgehead atoms. The van der Waals surface area contributed by atoms with Gasteiger partial charge >= 0.3 is 0 Å². The van der Waals surface area contributed by atoms with Crippen molar-refractivity contribution in [2.45, 2.75) is 32.7 Å². The highest BCUT2D eigenvalue weighted by Crippen LogP contribution is 2.05. The summed E-state index contributed by atoms with van der Waals surface area (Å²) >= 11 is 0. The van der Waals surface area contributed by atoms with Crippen molar-refractivity contribution in [3.8, 4) is 0 Å². The molecule has 6 heteroatoms. The highest BCUT2D eigenvalue weighted by Gasteiger charge is 2.17. The number of hydrogen-bond acceptors (Lipinski definition) is 3. The predicted molar refractivity (Wildman–Crippen MR) is 76.0 cm³/mol. The summed E-state index contributed by atoms with van der Waals surface area (Å²) in [6.07, 6.45) is 2.58. The molecule has 104 valence electrons. The molecule has 1 atom stereocenters. The number of nitrogens with two attached hydrogens (primary N) is 1. The number of carbonyl (C=O) groups is 1. The Morgan fingerprint density at radius 1 is 1.29 bits per heavy atom. The Kier molecular flexibility index (Phi) is 11.3. The number of amides is 1. The minimum absolute atomic E-state index is 0. The van der Waals surface area contributed by atoms with Gasteiger partial charge < -0.3 is 16.0 Å². The first kappa shape index (κ1) is 19.3. The van der Waals surface area contributed by atoms with Crippen LogP contribution in [0.3, 0.4) is 0 Å². The van der Waals surface area contributed by atoms with Crippen LogP contribution in [0.15, 0.2) is 0 Å². The van der Waals surface area contributed by atoms with Gasteiger partial charge in [-0.1, -0.05) is 13.8 Å². The number of carbonyl (C=O) groups excluding carboxylic acids is 1. The van der Waals surface area contributed by atoms with Gasteiger partial charge in [-0.2, -0.15) is 0 Å². The van der Waals surface area contributed by atoms with Crippen molar-refractivity contribution in [1.29, 1.82) is 0 Å². The van der Waals surface area contributed by atoms with E-state index in [0.717, 1.165) is 13.1 Å². The van der Waals surface area contributed by atoms with Crippen LogP contribution in [0.4, 0.5) is 0 Å². The lowest BCUT2D eigenvalue weighted by molar-refractivity contribution is -0.123. The average molecular weight is 286 g/mol. The summed E-state index contributed by atoms with van der Waals surface area (Å²) in [5.74, 6) is 0.181. The third kappa shape index (κ3) is 7.09. The zero-order chi connectivity index (χ0) is 11.3. The normalized spacial score (nSPS) is 17.2. The maximum atomic E-state index is 11.5. The van der Waals surface area contributed by atoms with Crippen molar-refractivity contribution < 1.29 is 4.79 Å². The topological polar surface area (TPSA) is 58.4 Å². The van der Waals surface area contributed by atoms with Crippen LogP contribution in [0, 0.1) is 5.92 Å². The molecule has 0 saturated carbocycles. The Labute approximate surface area is 117 Å². The molecule has 1 aliphatic rings. The van der Waals surface area contributed by atoms with Gasteiger partial charge in [0.1, 0.15) is 0 Å². The summed E-state index contributed by atoms with van der Waals surface area (Å²) in [5.41, 5.74) is 5.73. The summed E-state index contributed by atoms with van der Waals surface area (Å²) in [7, 11) is 0. The lowest BCUT2D eigenvalue weighted by atomic mass is 10.1. The van der Waals surface area contributed by atoms with E-state index in [9.17, 15) is 4.79 Å². The minimum Gasteiger partial charge on any atom is -0.353 e.